The molecule has 0 saturated carbocycles. The average molecular weight is 284 g/mol. The molecule has 6 heteroatoms. The number of nitrogens with one attached hydrogen (secondary N) is 1. The molecule has 0 aromatic carbocycles. The van der Waals surface area contributed by atoms with Crippen LogP contribution in [0, 0.1) is 5.92 Å². The van der Waals surface area contributed by atoms with Crippen molar-refractivity contribution < 1.29 is 4.74 Å². The Morgan fingerprint density at radius 2 is 2.42 bits per heavy atom. The maximum atomic E-state index is 5.05. The van der Waals surface area contributed by atoms with Crippen molar-refractivity contribution in [1.82, 2.24) is 14.7 Å². The van der Waals surface area contributed by atoms with E-state index in [1.807, 2.05) is 0 Å². The highest BCUT2D eigenvalue weighted by molar-refractivity contribution is 7.09. The number of aromatic nitrogens is 2. The van der Waals surface area contributed by atoms with E-state index in [-0.39, 0.29) is 0 Å². The van der Waals surface area contributed by atoms with Crippen LogP contribution in [0.4, 0.5) is 5.13 Å². The van der Waals surface area contributed by atoms with Crippen LogP contribution >= 0.6 is 11.5 Å². The Labute approximate surface area is 119 Å². The van der Waals surface area contributed by atoms with Gasteiger partial charge in [-0.15, -0.1) is 0 Å². The second-order valence-electron chi connectivity index (χ2n) is 5.00. The van der Waals surface area contributed by atoms with Crippen molar-refractivity contribution >= 4 is 16.7 Å². The lowest BCUT2D eigenvalue weighted by molar-refractivity contribution is 0.197. The maximum absolute atomic E-state index is 5.05. The molecule has 0 spiro atoms. The van der Waals surface area contributed by atoms with Crippen LogP contribution in [0.5, 0.6) is 0 Å². The van der Waals surface area contributed by atoms with E-state index >= 15 is 0 Å². The first kappa shape index (κ1) is 14.7. The fourth-order valence-electron chi connectivity index (χ4n) is 2.40. The van der Waals surface area contributed by atoms with E-state index in [2.05, 4.69) is 26.5 Å². The molecule has 1 aliphatic rings. The number of hydrogen-bond donors (Lipinski definition) is 1. The van der Waals surface area contributed by atoms with Crippen LogP contribution in [0.3, 0.4) is 0 Å². The van der Waals surface area contributed by atoms with Gasteiger partial charge in [0.25, 0.3) is 0 Å². The number of rotatable bonds is 7. The molecule has 0 aliphatic carbocycles. The number of methoxy groups -OCH3 is 1. The van der Waals surface area contributed by atoms with Gasteiger partial charge in [0.05, 0.1) is 6.61 Å². The van der Waals surface area contributed by atoms with E-state index in [4.69, 9.17) is 4.74 Å². The molecule has 1 atom stereocenters. The van der Waals surface area contributed by atoms with Gasteiger partial charge >= 0.3 is 0 Å². The van der Waals surface area contributed by atoms with Crippen LogP contribution < -0.4 is 10.2 Å². The fourth-order valence-corrected chi connectivity index (χ4v) is 3.19. The third-order valence-corrected chi connectivity index (χ3v) is 4.29. The van der Waals surface area contributed by atoms with E-state index < -0.39 is 0 Å². The van der Waals surface area contributed by atoms with Gasteiger partial charge in [-0.3, -0.25) is 0 Å². The number of ether oxygens (including phenoxy) is 1. The van der Waals surface area contributed by atoms with E-state index in [0.29, 0.717) is 5.92 Å². The summed E-state index contributed by atoms with van der Waals surface area (Å²) in [6.07, 6.45) is 3.47. The molecule has 5 nitrogen and oxygen atoms in total. The number of hydrogen-bond acceptors (Lipinski definition) is 6. The topological polar surface area (TPSA) is 50.3 Å². The van der Waals surface area contributed by atoms with Gasteiger partial charge in [0, 0.05) is 44.7 Å². The highest BCUT2D eigenvalue weighted by atomic mass is 32.1. The molecular formula is C13H24N4OS. The number of piperidine rings is 1. The largest absolute Gasteiger partial charge is 0.383 e. The summed E-state index contributed by atoms with van der Waals surface area (Å²) in [6, 6.07) is 0. The summed E-state index contributed by atoms with van der Waals surface area (Å²) in [5.74, 6) is 1.68. The molecule has 1 aromatic heterocycles. The monoisotopic (exact) mass is 284 g/mol. The van der Waals surface area contributed by atoms with Crippen molar-refractivity contribution in [3.8, 4) is 0 Å². The van der Waals surface area contributed by atoms with Crippen LogP contribution in [0.25, 0.3) is 0 Å². The molecule has 1 unspecified atom stereocenters. The SMILES string of the molecule is CCc1nsc(N2CCCC(CNCCOC)C2)n1. The van der Waals surface area contributed by atoms with Gasteiger partial charge in [0.1, 0.15) is 5.82 Å². The minimum Gasteiger partial charge on any atom is -0.383 e. The predicted molar refractivity (Wildman–Crippen MR) is 79.0 cm³/mol. The third kappa shape index (κ3) is 4.40. The molecule has 1 aromatic rings. The quantitative estimate of drug-likeness (QED) is 0.770. The molecule has 1 N–H and O–H groups in total. The number of nitrogens with zero attached hydrogens (tertiary/aromatic N) is 3. The Hall–Kier alpha value is -0.720. The van der Waals surface area contributed by atoms with Gasteiger partial charge in [-0.05, 0) is 25.3 Å². The first-order chi connectivity index (χ1) is 9.33. The molecule has 19 heavy (non-hydrogen) atoms. The summed E-state index contributed by atoms with van der Waals surface area (Å²) in [4.78, 5) is 6.98. The van der Waals surface area contributed by atoms with Gasteiger partial charge in [0.15, 0.2) is 0 Å². The average Bonchev–Trinajstić information content (AvgIpc) is 2.93. The predicted octanol–water partition coefficient (Wildman–Crippen LogP) is 1.55. The lowest BCUT2D eigenvalue weighted by Crippen LogP contribution is -2.40. The summed E-state index contributed by atoms with van der Waals surface area (Å²) >= 11 is 1.54. The Balaban J connectivity index is 1.79. The Kier molecular flexibility index (Phi) is 6.00. The van der Waals surface area contributed by atoms with Crippen LogP contribution in [0.1, 0.15) is 25.6 Å². The number of aryl methyl sites for hydroxylation is 1. The van der Waals surface area contributed by atoms with Crippen LogP contribution in [-0.4, -0.2) is 49.3 Å². The molecule has 1 saturated heterocycles. The zero-order valence-corrected chi connectivity index (χ0v) is 12.7. The molecule has 0 bridgehead atoms. The summed E-state index contributed by atoms with van der Waals surface area (Å²) in [5.41, 5.74) is 0. The Morgan fingerprint density at radius 1 is 1.53 bits per heavy atom. The zero-order valence-electron chi connectivity index (χ0n) is 11.9. The molecule has 1 aliphatic heterocycles. The van der Waals surface area contributed by atoms with Gasteiger partial charge in [-0.2, -0.15) is 4.37 Å². The van der Waals surface area contributed by atoms with Gasteiger partial charge in [0.2, 0.25) is 5.13 Å². The van der Waals surface area contributed by atoms with Gasteiger partial charge in [-0.1, -0.05) is 6.92 Å². The first-order valence-corrected chi connectivity index (χ1v) is 7.88. The van der Waals surface area contributed by atoms with Crippen molar-refractivity contribution in [2.75, 3.05) is 44.8 Å². The lowest BCUT2D eigenvalue weighted by Gasteiger charge is -2.32. The van der Waals surface area contributed by atoms with E-state index in [1.54, 1.807) is 7.11 Å². The van der Waals surface area contributed by atoms with Crippen molar-refractivity contribution in [1.29, 1.82) is 0 Å². The fraction of sp³-hybridized carbons (Fsp3) is 0.846. The second kappa shape index (κ2) is 7.77. The normalized spacial score (nSPS) is 19.9. The molecule has 1 fully saturated rings. The van der Waals surface area contributed by atoms with Crippen LogP contribution in [0.2, 0.25) is 0 Å². The maximum Gasteiger partial charge on any atom is 0.205 e. The molecule has 2 rings (SSSR count). The standard InChI is InChI=1S/C13H24N4OS/c1-3-12-15-13(19-16-12)17-7-4-5-11(10-17)9-14-6-8-18-2/h11,14H,3-10H2,1-2H3. The summed E-state index contributed by atoms with van der Waals surface area (Å²) in [6.45, 7) is 7.10. The van der Waals surface area contributed by atoms with Crippen molar-refractivity contribution in [2.45, 2.75) is 26.2 Å². The number of anilines is 1. The summed E-state index contributed by atoms with van der Waals surface area (Å²) in [7, 11) is 1.74. The van der Waals surface area contributed by atoms with Crippen LogP contribution in [0.15, 0.2) is 0 Å². The summed E-state index contributed by atoms with van der Waals surface area (Å²) < 4.78 is 9.43. The van der Waals surface area contributed by atoms with E-state index in [9.17, 15) is 0 Å². The highest BCUT2D eigenvalue weighted by Crippen LogP contribution is 2.24. The molecular weight excluding hydrogens is 260 g/mol. The molecule has 0 radical (unpaired) electrons. The van der Waals surface area contributed by atoms with E-state index in [1.165, 1.54) is 24.4 Å². The second-order valence-corrected chi connectivity index (χ2v) is 5.73. The minimum absolute atomic E-state index is 0.708. The first-order valence-electron chi connectivity index (χ1n) is 7.10. The van der Waals surface area contributed by atoms with Crippen LogP contribution in [-0.2, 0) is 11.2 Å². The zero-order chi connectivity index (χ0) is 13.5. The lowest BCUT2D eigenvalue weighted by atomic mass is 9.98. The highest BCUT2D eigenvalue weighted by Gasteiger charge is 2.22. The summed E-state index contributed by atoms with van der Waals surface area (Å²) in [5, 5.41) is 4.56. The Morgan fingerprint density at radius 3 is 3.16 bits per heavy atom. The van der Waals surface area contributed by atoms with E-state index in [0.717, 1.165) is 50.2 Å². The smallest absolute Gasteiger partial charge is 0.205 e. The molecule has 0 amide bonds. The van der Waals surface area contributed by atoms with Crippen molar-refractivity contribution in [2.24, 2.45) is 5.92 Å². The third-order valence-electron chi connectivity index (χ3n) is 3.48. The minimum atomic E-state index is 0.708. The van der Waals surface area contributed by atoms with Crippen molar-refractivity contribution in [3.63, 3.8) is 0 Å². The molecule has 2 heterocycles. The molecule has 108 valence electrons. The van der Waals surface area contributed by atoms with Gasteiger partial charge < -0.3 is 15.0 Å². The van der Waals surface area contributed by atoms with Crippen molar-refractivity contribution in [3.05, 3.63) is 5.82 Å². The van der Waals surface area contributed by atoms with Gasteiger partial charge in [-0.25, -0.2) is 4.98 Å². The Bertz CT molecular complexity index is 371.